The number of carbonyl (C=O) groups excluding carboxylic acids is 2. The van der Waals surface area contributed by atoms with E-state index >= 15 is 0 Å². The third-order valence-electron chi connectivity index (χ3n) is 1.82. The summed E-state index contributed by atoms with van der Waals surface area (Å²) in [6, 6.07) is 3.60. The number of amides is 1. The molecule has 1 N–H and O–H groups in total. The van der Waals surface area contributed by atoms with Crippen molar-refractivity contribution in [1.82, 2.24) is 5.32 Å². The Balaban J connectivity index is 2.28. The second-order valence-corrected chi connectivity index (χ2v) is 3.94. The van der Waals surface area contributed by atoms with Gasteiger partial charge in [0.2, 0.25) is 5.91 Å². The fourth-order valence-electron chi connectivity index (χ4n) is 1.06. The summed E-state index contributed by atoms with van der Waals surface area (Å²) in [6.07, 6.45) is 2.12. The van der Waals surface area contributed by atoms with Gasteiger partial charge in [0.25, 0.3) is 0 Å². The Morgan fingerprint density at radius 1 is 1.47 bits per heavy atom. The van der Waals surface area contributed by atoms with E-state index in [0.717, 1.165) is 0 Å². The second-order valence-electron chi connectivity index (χ2n) is 2.99. The van der Waals surface area contributed by atoms with E-state index in [1.807, 2.05) is 11.4 Å². The Kier molecular flexibility index (Phi) is 4.77. The van der Waals surface area contributed by atoms with E-state index in [4.69, 9.17) is 0 Å². The van der Waals surface area contributed by atoms with Crippen molar-refractivity contribution in [2.45, 2.75) is 12.8 Å². The Bertz CT molecular complexity index is 343. The van der Waals surface area contributed by atoms with Gasteiger partial charge in [0.05, 0.1) is 4.88 Å². The summed E-state index contributed by atoms with van der Waals surface area (Å²) in [6.45, 7) is 3.94. The van der Waals surface area contributed by atoms with E-state index in [0.29, 0.717) is 11.4 Å². The van der Waals surface area contributed by atoms with Crippen LogP contribution in [-0.4, -0.2) is 18.2 Å². The third kappa shape index (κ3) is 4.08. The molecule has 0 saturated carbocycles. The second kappa shape index (κ2) is 6.14. The molecule has 1 amide bonds. The summed E-state index contributed by atoms with van der Waals surface area (Å²) in [4.78, 5) is 23.4. The van der Waals surface area contributed by atoms with Crippen molar-refractivity contribution in [1.29, 1.82) is 0 Å². The molecule has 0 spiro atoms. The van der Waals surface area contributed by atoms with Crippen LogP contribution >= 0.6 is 11.3 Å². The fourth-order valence-corrected chi connectivity index (χ4v) is 1.76. The van der Waals surface area contributed by atoms with E-state index in [-0.39, 0.29) is 24.5 Å². The SMILES string of the molecule is C=CCNC(=O)CCC(=O)c1cccs1. The Morgan fingerprint density at radius 2 is 2.27 bits per heavy atom. The lowest BCUT2D eigenvalue weighted by atomic mass is 10.2. The molecule has 0 unspecified atom stereocenters. The molecule has 0 bridgehead atoms. The van der Waals surface area contributed by atoms with Crippen LogP contribution in [0.2, 0.25) is 0 Å². The van der Waals surface area contributed by atoms with Crippen LogP contribution in [0.4, 0.5) is 0 Å². The minimum Gasteiger partial charge on any atom is -0.353 e. The number of nitrogens with one attached hydrogen (secondary N) is 1. The molecular weight excluding hydrogens is 210 g/mol. The van der Waals surface area contributed by atoms with Gasteiger partial charge in [-0.3, -0.25) is 9.59 Å². The first-order valence-corrected chi connectivity index (χ1v) is 5.56. The minimum atomic E-state index is -0.111. The van der Waals surface area contributed by atoms with Crippen molar-refractivity contribution in [2.24, 2.45) is 0 Å². The largest absolute Gasteiger partial charge is 0.353 e. The fraction of sp³-hybridized carbons (Fsp3) is 0.273. The Labute approximate surface area is 92.8 Å². The van der Waals surface area contributed by atoms with E-state index in [9.17, 15) is 9.59 Å². The average Bonchev–Trinajstić information content (AvgIpc) is 2.76. The van der Waals surface area contributed by atoms with Crippen LogP contribution in [0.25, 0.3) is 0 Å². The van der Waals surface area contributed by atoms with Crippen molar-refractivity contribution in [3.05, 3.63) is 35.0 Å². The first kappa shape index (κ1) is 11.7. The minimum absolute atomic E-state index is 0.0266. The topological polar surface area (TPSA) is 46.2 Å². The van der Waals surface area contributed by atoms with Crippen molar-refractivity contribution >= 4 is 23.0 Å². The number of thiophene rings is 1. The molecule has 0 aliphatic rings. The number of Topliss-reactive ketones (excluding diaryl/α,β-unsaturated/α-hetero) is 1. The molecule has 0 atom stereocenters. The molecule has 0 aliphatic heterocycles. The summed E-state index contributed by atoms with van der Waals surface area (Å²) >= 11 is 1.40. The van der Waals surface area contributed by atoms with Crippen molar-refractivity contribution in [2.75, 3.05) is 6.54 Å². The zero-order valence-electron chi connectivity index (χ0n) is 8.36. The lowest BCUT2D eigenvalue weighted by Crippen LogP contribution is -2.23. The smallest absolute Gasteiger partial charge is 0.220 e. The monoisotopic (exact) mass is 223 g/mol. The quantitative estimate of drug-likeness (QED) is 0.592. The molecule has 0 aromatic carbocycles. The molecule has 0 radical (unpaired) electrons. The first-order chi connectivity index (χ1) is 7.24. The summed E-state index contributed by atoms with van der Waals surface area (Å²) in [7, 11) is 0. The summed E-state index contributed by atoms with van der Waals surface area (Å²) in [5.41, 5.74) is 0. The molecule has 0 aliphatic carbocycles. The normalized spacial score (nSPS) is 9.60. The summed E-state index contributed by atoms with van der Waals surface area (Å²) in [5.74, 6) is -0.0847. The zero-order valence-corrected chi connectivity index (χ0v) is 9.18. The molecule has 1 aromatic rings. The lowest BCUT2D eigenvalue weighted by Gasteiger charge is -2.00. The third-order valence-corrected chi connectivity index (χ3v) is 2.73. The molecule has 0 saturated heterocycles. The van der Waals surface area contributed by atoms with Gasteiger partial charge in [0.1, 0.15) is 0 Å². The standard InChI is InChI=1S/C11H13NO2S/c1-2-7-12-11(14)6-5-9(13)10-4-3-8-15-10/h2-4,8H,1,5-7H2,(H,12,14). The maximum atomic E-state index is 11.5. The predicted octanol–water partition coefficient (Wildman–Crippen LogP) is 2.01. The van der Waals surface area contributed by atoms with Crippen LogP contribution in [0.3, 0.4) is 0 Å². The number of hydrogen-bond donors (Lipinski definition) is 1. The maximum absolute atomic E-state index is 11.5. The molecule has 3 nitrogen and oxygen atoms in total. The highest BCUT2D eigenvalue weighted by atomic mass is 32.1. The molecule has 80 valence electrons. The van der Waals surface area contributed by atoms with Gasteiger partial charge in [-0.25, -0.2) is 0 Å². The number of hydrogen-bond acceptors (Lipinski definition) is 3. The van der Waals surface area contributed by atoms with Gasteiger partial charge in [0.15, 0.2) is 5.78 Å². The molecule has 1 rings (SSSR count). The molecule has 15 heavy (non-hydrogen) atoms. The van der Waals surface area contributed by atoms with Crippen molar-refractivity contribution in [3.63, 3.8) is 0 Å². The van der Waals surface area contributed by atoms with Crippen LogP contribution in [0, 0.1) is 0 Å². The van der Waals surface area contributed by atoms with E-state index in [1.165, 1.54) is 11.3 Å². The molecular formula is C11H13NO2S. The van der Waals surface area contributed by atoms with Gasteiger partial charge in [-0.2, -0.15) is 0 Å². The Morgan fingerprint density at radius 3 is 2.87 bits per heavy atom. The Hall–Kier alpha value is -1.42. The van der Waals surface area contributed by atoms with Gasteiger partial charge in [0, 0.05) is 19.4 Å². The average molecular weight is 223 g/mol. The molecule has 4 heteroatoms. The van der Waals surface area contributed by atoms with Gasteiger partial charge in [-0.15, -0.1) is 17.9 Å². The zero-order chi connectivity index (χ0) is 11.1. The number of carbonyl (C=O) groups is 2. The van der Waals surface area contributed by atoms with Crippen LogP contribution in [0.15, 0.2) is 30.2 Å². The first-order valence-electron chi connectivity index (χ1n) is 4.68. The predicted molar refractivity (Wildman–Crippen MR) is 61.1 cm³/mol. The number of ketones is 1. The van der Waals surface area contributed by atoms with Gasteiger partial charge >= 0.3 is 0 Å². The van der Waals surface area contributed by atoms with Gasteiger partial charge in [-0.1, -0.05) is 12.1 Å². The highest BCUT2D eigenvalue weighted by Gasteiger charge is 2.09. The molecule has 0 fully saturated rings. The number of rotatable bonds is 6. The van der Waals surface area contributed by atoms with Gasteiger partial charge < -0.3 is 5.32 Å². The van der Waals surface area contributed by atoms with E-state index < -0.39 is 0 Å². The molecule has 1 aromatic heterocycles. The van der Waals surface area contributed by atoms with Gasteiger partial charge in [-0.05, 0) is 11.4 Å². The van der Waals surface area contributed by atoms with E-state index in [2.05, 4.69) is 11.9 Å². The maximum Gasteiger partial charge on any atom is 0.220 e. The summed E-state index contributed by atoms with van der Waals surface area (Å²) < 4.78 is 0. The lowest BCUT2D eigenvalue weighted by molar-refractivity contribution is -0.120. The van der Waals surface area contributed by atoms with Crippen LogP contribution in [0.5, 0.6) is 0 Å². The van der Waals surface area contributed by atoms with E-state index in [1.54, 1.807) is 12.1 Å². The highest BCUT2D eigenvalue weighted by Crippen LogP contribution is 2.11. The molecule has 1 heterocycles. The van der Waals surface area contributed by atoms with Crippen molar-refractivity contribution < 1.29 is 9.59 Å². The highest BCUT2D eigenvalue weighted by molar-refractivity contribution is 7.12. The van der Waals surface area contributed by atoms with Crippen LogP contribution in [0.1, 0.15) is 22.5 Å². The van der Waals surface area contributed by atoms with Crippen LogP contribution in [-0.2, 0) is 4.79 Å². The van der Waals surface area contributed by atoms with Crippen LogP contribution < -0.4 is 5.32 Å². The van der Waals surface area contributed by atoms with Crippen molar-refractivity contribution in [3.8, 4) is 0 Å². The summed E-state index contributed by atoms with van der Waals surface area (Å²) in [5, 5.41) is 4.48.